The fourth-order valence-corrected chi connectivity index (χ4v) is 1.98. The molecule has 1 aromatic carbocycles. The average molecular weight is 337 g/mol. The van der Waals surface area contributed by atoms with Gasteiger partial charge in [-0.15, -0.1) is 0 Å². The van der Waals surface area contributed by atoms with E-state index in [0.717, 1.165) is 5.56 Å². The topological polar surface area (TPSA) is 103 Å². The van der Waals surface area contributed by atoms with Crippen molar-refractivity contribution in [1.29, 1.82) is 0 Å². The van der Waals surface area contributed by atoms with Gasteiger partial charge in [0, 0.05) is 25.6 Å². The van der Waals surface area contributed by atoms with Crippen LogP contribution in [0.15, 0.2) is 18.2 Å². The first-order chi connectivity index (χ1) is 11.5. The fourth-order valence-electron chi connectivity index (χ4n) is 1.98. The summed E-state index contributed by atoms with van der Waals surface area (Å²) < 4.78 is 10.7. The van der Waals surface area contributed by atoms with Gasteiger partial charge in [0.05, 0.1) is 7.11 Å². The maximum absolute atomic E-state index is 11.7. The molecule has 1 unspecified atom stereocenters. The second kappa shape index (κ2) is 10.5. The van der Waals surface area contributed by atoms with Gasteiger partial charge in [0.2, 0.25) is 5.91 Å². The molecule has 24 heavy (non-hydrogen) atoms. The van der Waals surface area contributed by atoms with Crippen LogP contribution in [0.1, 0.15) is 32.3 Å². The van der Waals surface area contributed by atoms with E-state index >= 15 is 0 Å². The molecule has 4 N–H and O–H groups in total. The number of ether oxygens (including phenoxy) is 2. The monoisotopic (exact) mass is 337 g/mol. The molecular formula is C17H27N3O4. The van der Waals surface area contributed by atoms with E-state index in [1.807, 2.05) is 19.9 Å². The molecule has 0 radical (unpaired) electrons. The van der Waals surface area contributed by atoms with Crippen molar-refractivity contribution in [2.75, 3.05) is 20.3 Å². The number of likely N-dealkylation sites (N-methyl/N-ethyl adjacent to an activating group) is 1. The number of amides is 2. The van der Waals surface area contributed by atoms with Gasteiger partial charge >= 0.3 is 0 Å². The zero-order valence-corrected chi connectivity index (χ0v) is 14.6. The van der Waals surface area contributed by atoms with E-state index in [2.05, 4.69) is 10.6 Å². The molecule has 0 bridgehead atoms. The zero-order valence-electron chi connectivity index (χ0n) is 14.6. The second-order valence-corrected chi connectivity index (χ2v) is 5.52. The van der Waals surface area contributed by atoms with Crippen molar-refractivity contribution in [3.8, 4) is 11.5 Å². The van der Waals surface area contributed by atoms with Gasteiger partial charge in [0.15, 0.2) is 18.1 Å². The number of hydrogen-bond acceptors (Lipinski definition) is 5. The molecule has 1 atom stereocenters. The Morgan fingerprint density at radius 3 is 2.58 bits per heavy atom. The summed E-state index contributed by atoms with van der Waals surface area (Å²) in [6.45, 7) is 4.59. The van der Waals surface area contributed by atoms with Gasteiger partial charge in [0.1, 0.15) is 0 Å². The number of methoxy groups -OCH3 is 1. The standard InChI is InChI=1S/C17H27N3O4/c1-4-19-17(22)11-24-14-7-6-13(9-15(14)23-3)10-20-16(21)8-5-12(2)18/h6-7,9,12H,4-5,8,10-11,18H2,1-3H3,(H,19,22)(H,20,21). The molecule has 134 valence electrons. The number of carbonyl (C=O) groups excluding carboxylic acids is 2. The molecule has 0 spiro atoms. The highest BCUT2D eigenvalue weighted by Gasteiger charge is 2.09. The minimum atomic E-state index is -0.190. The van der Waals surface area contributed by atoms with Crippen molar-refractivity contribution < 1.29 is 19.1 Å². The van der Waals surface area contributed by atoms with Crippen molar-refractivity contribution >= 4 is 11.8 Å². The third kappa shape index (κ3) is 7.32. The maximum atomic E-state index is 11.7. The first kappa shape index (κ1) is 19.8. The number of nitrogens with one attached hydrogen (secondary N) is 2. The Labute approximate surface area is 142 Å². The van der Waals surface area contributed by atoms with Gasteiger partial charge in [-0.05, 0) is 38.0 Å². The van der Waals surface area contributed by atoms with E-state index in [-0.39, 0.29) is 24.5 Å². The molecule has 2 amide bonds. The summed E-state index contributed by atoms with van der Waals surface area (Å²) in [6.07, 6.45) is 1.06. The molecular weight excluding hydrogens is 310 g/mol. The molecule has 7 nitrogen and oxygen atoms in total. The minimum absolute atomic E-state index is 0.0113. The van der Waals surface area contributed by atoms with Crippen LogP contribution in [-0.4, -0.2) is 38.1 Å². The lowest BCUT2D eigenvalue weighted by Gasteiger charge is -2.12. The molecule has 0 heterocycles. The van der Waals surface area contributed by atoms with Gasteiger partial charge in [0.25, 0.3) is 5.91 Å². The number of benzene rings is 1. The molecule has 1 rings (SSSR count). The van der Waals surface area contributed by atoms with Crippen molar-refractivity contribution in [3.63, 3.8) is 0 Å². The highest BCUT2D eigenvalue weighted by molar-refractivity contribution is 5.77. The number of carbonyl (C=O) groups is 2. The molecule has 0 aliphatic rings. The molecule has 1 aromatic rings. The first-order valence-corrected chi connectivity index (χ1v) is 8.05. The zero-order chi connectivity index (χ0) is 17.9. The van der Waals surface area contributed by atoms with E-state index in [1.54, 1.807) is 12.1 Å². The van der Waals surface area contributed by atoms with E-state index in [9.17, 15) is 9.59 Å². The molecule has 0 aliphatic heterocycles. The van der Waals surface area contributed by atoms with Crippen LogP contribution >= 0.6 is 0 Å². The molecule has 0 saturated heterocycles. The first-order valence-electron chi connectivity index (χ1n) is 8.05. The highest BCUT2D eigenvalue weighted by Crippen LogP contribution is 2.28. The summed E-state index contributed by atoms with van der Waals surface area (Å²) in [4.78, 5) is 23.2. The lowest BCUT2D eigenvalue weighted by molar-refractivity contribution is -0.123. The van der Waals surface area contributed by atoms with Crippen molar-refractivity contribution in [3.05, 3.63) is 23.8 Å². The Bertz CT molecular complexity index is 547. The van der Waals surface area contributed by atoms with E-state index in [4.69, 9.17) is 15.2 Å². The smallest absolute Gasteiger partial charge is 0.257 e. The van der Waals surface area contributed by atoms with E-state index in [1.165, 1.54) is 7.11 Å². The summed E-state index contributed by atoms with van der Waals surface area (Å²) >= 11 is 0. The lowest BCUT2D eigenvalue weighted by atomic mass is 10.1. The fraction of sp³-hybridized carbons (Fsp3) is 0.529. The number of hydrogen-bond donors (Lipinski definition) is 3. The van der Waals surface area contributed by atoms with Gasteiger partial charge in [-0.25, -0.2) is 0 Å². The molecule has 0 fully saturated rings. The predicted octanol–water partition coefficient (Wildman–Crippen LogP) is 0.954. The summed E-state index contributed by atoms with van der Waals surface area (Å²) in [6, 6.07) is 5.33. The van der Waals surface area contributed by atoms with Crippen LogP contribution in [0, 0.1) is 0 Å². The van der Waals surface area contributed by atoms with E-state index < -0.39 is 0 Å². The van der Waals surface area contributed by atoms with Crippen molar-refractivity contribution in [2.45, 2.75) is 39.3 Å². The van der Waals surface area contributed by atoms with Gasteiger partial charge in [-0.3, -0.25) is 9.59 Å². The average Bonchev–Trinajstić information content (AvgIpc) is 2.56. The van der Waals surface area contributed by atoms with Crippen LogP contribution in [0.5, 0.6) is 11.5 Å². The SMILES string of the molecule is CCNC(=O)COc1ccc(CNC(=O)CCC(C)N)cc1OC. The Morgan fingerprint density at radius 1 is 1.21 bits per heavy atom. The number of rotatable bonds is 10. The Balaban J connectivity index is 2.56. The third-order valence-corrected chi connectivity index (χ3v) is 3.28. The minimum Gasteiger partial charge on any atom is -0.493 e. The van der Waals surface area contributed by atoms with Gasteiger partial charge in [-0.2, -0.15) is 0 Å². The van der Waals surface area contributed by atoms with Crippen LogP contribution in [0.25, 0.3) is 0 Å². The molecule has 0 aliphatic carbocycles. The Morgan fingerprint density at radius 2 is 1.96 bits per heavy atom. The largest absolute Gasteiger partial charge is 0.493 e. The molecule has 0 aromatic heterocycles. The number of nitrogens with two attached hydrogens (primary N) is 1. The lowest BCUT2D eigenvalue weighted by Crippen LogP contribution is -2.28. The summed E-state index contributed by atoms with van der Waals surface area (Å²) in [7, 11) is 1.53. The predicted molar refractivity (Wildman–Crippen MR) is 91.9 cm³/mol. The summed E-state index contributed by atoms with van der Waals surface area (Å²) in [5, 5.41) is 5.49. The van der Waals surface area contributed by atoms with Crippen LogP contribution in [-0.2, 0) is 16.1 Å². The van der Waals surface area contributed by atoms with Crippen LogP contribution in [0.4, 0.5) is 0 Å². The van der Waals surface area contributed by atoms with Crippen LogP contribution < -0.4 is 25.8 Å². The third-order valence-electron chi connectivity index (χ3n) is 3.28. The Hall–Kier alpha value is -2.28. The normalized spacial score (nSPS) is 11.5. The molecule has 0 saturated carbocycles. The van der Waals surface area contributed by atoms with Crippen molar-refractivity contribution in [2.24, 2.45) is 5.73 Å². The quantitative estimate of drug-likeness (QED) is 0.590. The van der Waals surface area contributed by atoms with E-state index in [0.29, 0.717) is 37.4 Å². The summed E-state index contributed by atoms with van der Waals surface area (Å²) in [5.74, 6) is 0.769. The highest BCUT2D eigenvalue weighted by atomic mass is 16.5. The Kier molecular flexibility index (Phi) is 8.64. The maximum Gasteiger partial charge on any atom is 0.257 e. The van der Waals surface area contributed by atoms with Crippen molar-refractivity contribution in [1.82, 2.24) is 10.6 Å². The van der Waals surface area contributed by atoms with Gasteiger partial charge in [-0.1, -0.05) is 6.07 Å². The second-order valence-electron chi connectivity index (χ2n) is 5.52. The van der Waals surface area contributed by atoms with Crippen LogP contribution in [0.2, 0.25) is 0 Å². The van der Waals surface area contributed by atoms with Crippen LogP contribution in [0.3, 0.4) is 0 Å². The molecule has 7 heteroatoms. The summed E-state index contributed by atoms with van der Waals surface area (Å²) in [5.41, 5.74) is 6.51. The van der Waals surface area contributed by atoms with Gasteiger partial charge < -0.3 is 25.8 Å².